The van der Waals surface area contributed by atoms with Crippen molar-refractivity contribution in [2.75, 3.05) is 163 Å². The molecule has 0 unspecified atom stereocenters. The van der Waals surface area contributed by atoms with Crippen LogP contribution in [0.1, 0.15) is 47.9 Å². The van der Waals surface area contributed by atoms with Crippen LogP contribution in [-0.4, -0.2) is 234 Å². The number of carboxylic acids is 1. The predicted molar refractivity (Wildman–Crippen MR) is 291 cm³/mol. The smallest absolute Gasteiger partial charge is 0.326 e. The van der Waals surface area contributed by atoms with E-state index >= 15 is 0 Å². The van der Waals surface area contributed by atoms with Crippen LogP contribution in [0.5, 0.6) is 0 Å². The molecule has 0 spiro atoms. The summed E-state index contributed by atoms with van der Waals surface area (Å²) in [5.41, 5.74) is 12.5. The third kappa shape index (κ3) is 30.2. The molecular formula is C51H79N13O18. The number of rotatable bonds is 50. The quantitative estimate of drug-likeness (QED) is 0.0230. The van der Waals surface area contributed by atoms with Crippen LogP contribution in [-0.2, 0) is 90.8 Å². The molecule has 0 saturated carbocycles. The minimum atomic E-state index is -1.31. The number of fused-ring (bicyclic) bond motifs is 1. The van der Waals surface area contributed by atoms with E-state index in [1.165, 1.54) is 18.3 Å². The Morgan fingerprint density at radius 1 is 0.646 bits per heavy atom. The number of primary amides is 1. The third-order valence-corrected chi connectivity index (χ3v) is 11.1. The van der Waals surface area contributed by atoms with Crippen molar-refractivity contribution in [2.45, 2.75) is 57.8 Å². The van der Waals surface area contributed by atoms with Crippen molar-refractivity contribution in [1.82, 2.24) is 50.9 Å². The molecule has 456 valence electrons. The van der Waals surface area contributed by atoms with Gasteiger partial charge in [0.25, 0.3) is 11.5 Å². The van der Waals surface area contributed by atoms with Crippen molar-refractivity contribution in [1.29, 1.82) is 0 Å². The zero-order chi connectivity index (χ0) is 58.8. The number of aromatic nitrogens is 7. The summed E-state index contributed by atoms with van der Waals surface area (Å²) in [6.07, 6.45) is 2.86. The van der Waals surface area contributed by atoms with Gasteiger partial charge in [0, 0.05) is 49.9 Å². The van der Waals surface area contributed by atoms with Crippen molar-refractivity contribution >= 4 is 52.4 Å². The maximum Gasteiger partial charge on any atom is 0.326 e. The van der Waals surface area contributed by atoms with E-state index in [-0.39, 0.29) is 94.5 Å². The number of nitrogen functional groups attached to an aromatic ring is 1. The molecule has 31 heteroatoms. The Morgan fingerprint density at radius 3 is 1.73 bits per heavy atom. The lowest BCUT2D eigenvalue weighted by atomic mass is 10.1. The van der Waals surface area contributed by atoms with Gasteiger partial charge >= 0.3 is 5.97 Å². The number of ether oxygens (including phenoxy) is 11. The Balaban J connectivity index is 0.910. The van der Waals surface area contributed by atoms with E-state index in [9.17, 15) is 33.9 Å². The first kappa shape index (κ1) is 67.6. The number of benzene rings is 1. The Labute approximate surface area is 473 Å². The highest BCUT2D eigenvalue weighted by atomic mass is 16.6. The molecule has 0 fully saturated rings. The van der Waals surface area contributed by atoms with Crippen molar-refractivity contribution in [3.05, 3.63) is 64.0 Å². The number of hydrogen-bond donors (Lipinski definition) is 8. The maximum atomic E-state index is 12.8. The number of carbonyl (C=O) groups excluding carboxylic acids is 4. The number of nitrogens with zero attached hydrogens (tertiary/aromatic N) is 6. The molecule has 4 rings (SSSR count). The first-order valence-corrected chi connectivity index (χ1v) is 26.9. The van der Waals surface area contributed by atoms with Gasteiger partial charge < -0.3 is 89.9 Å². The molecule has 0 bridgehead atoms. The Kier molecular flexibility index (Phi) is 34.6. The Hall–Kier alpha value is -6.91. The fraction of sp³-hybridized carbons (Fsp3) is 0.627. The number of aliphatic carboxylic acids is 1. The molecular weight excluding hydrogens is 1080 g/mol. The SMILES string of the molecule is CCOCCOCCOCCOCCOCCOCCOCCOCCC(=O)N[C@@H](Cc1cn(CCOCCOCCOCCNC(=O)CC[C@H](NC(=O)c2ccc(NCc3cnc4nc(N)[nH]c(=O)c4n3)cc2)C(=O)O)nn1)C(N)=O. The van der Waals surface area contributed by atoms with Crippen molar-refractivity contribution < 1.29 is 81.2 Å². The minimum absolute atomic E-state index is 0.0137. The van der Waals surface area contributed by atoms with Crippen LogP contribution in [0.2, 0.25) is 0 Å². The molecule has 4 amide bonds. The highest BCUT2D eigenvalue weighted by molar-refractivity contribution is 5.97. The average Bonchev–Trinajstić information content (AvgIpc) is 4.01. The number of nitrogens with two attached hydrogens (primary N) is 2. The fourth-order valence-electron chi connectivity index (χ4n) is 6.90. The summed E-state index contributed by atoms with van der Waals surface area (Å²) in [7, 11) is 0. The van der Waals surface area contributed by atoms with Crippen LogP contribution in [0, 0.1) is 0 Å². The molecule has 2 atom stereocenters. The molecule has 0 saturated heterocycles. The lowest BCUT2D eigenvalue weighted by molar-refractivity contribution is -0.139. The Bertz CT molecular complexity index is 2510. The molecule has 10 N–H and O–H groups in total. The number of anilines is 2. The molecule has 0 radical (unpaired) electrons. The molecule has 3 heterocycles. The molecule has 0 aliphatic rings. The lowest BCUT2D eigenvalue weighted by Crippen LogP contribution is -2.46. The number of H-pyrrole nitrogens is 1. The summed E-state index contributed by atoms with van der Waals surface area (Å²) >= 11 is 0. The van der Waals surface area contributed by atoms with E-state index in [1.807, 2.05) is 6.92 Å². The fourth-order valence-corrected chi connectivity index (χ4v) is 6.90. The second-order valence-electron chi connectivity index (χ2n) is 17.4. The van der Waals surface area contributed by atoms with E-state index < -0.39 is 47.2 Å². The molecule has 31 nitrogen and oxygen atoms in total. The second kappa shape index (κ2) is 42.0. The van der Waals surface area contributed by atoms with E-state index in [1.54, 1.807) is 23.0 Å². The van der Waals surface area contributed by atoms with E-state index in [2.05, 4.69) is 51.5 Å². The molecule has 3 aromatic heterocycles. The first-order valence-electron chi connectivity index (χ1n) is 26.9. The van der Waals surface area contributed by atoms with Gasteiger partial charge in [-0.25, -0.2) is 19.4 Å². The van der Waals surface area contributed by atoms with Crippen molar-refractivity contribution in [2.24, 2.45) is 5.73 Å². The Morgan fingerprint density at radius 2 is 1.18 bits per heavy atom. The highest BCUT2D eigenvalue weighted by Gasteiger charge is 2.23. The summed E-state index contributed by atoms with van der Waals surface area (Å²) in [5, 5.41) is 28.6. The summed E-state index contributed by atoms with van der Waals surface area (Å²) in [4.78, 5) is 88.6. The highest BCUT2D eigenvalue weighted by Crippen LogP contribution is 2.13. The monoisotopic (exact) mass is 1160 g/mol. The first-order chi connectivity index (χ1) is 39.9. The van der Waals surface area contributed by atoms with Gasteiger partial charge in [-0.3, -0.25) is 29.0 Å². The van der Waals surface area contributed by atoms with Crippen LogP contribution < -0.4 is 38.3 Å². The summed E-state index contributed by atoms with van der Waals surface area (Å²) in [5.74, 6) is -3.52. The third-order valence-electron chi connectivity index (χ3n) is 11.1. The largest absolute Gasteiger partial charge is 0.480 e. The van der Waals surface area contributed by atoms with Crippen molar-refractivity contribution in [3.8, 4) is 0 Å². The standard InChI is InChI=1S/C51H79N13O18/c1-2-72-15-16-76-23-24-79-27-28-81-31-32-82-30-29-80-26-25-77-20-17-73-12-9-44(66)58-42(46(52)67)33-39-36-64(63-62-39)11-14-75-19-22-78-21-18-74-13-10-54-43(65)8-7-41(50(70)71)59-48(68)37-3-5-38(6-4-37)55-34-40-35-56-47-45(57-40)49(69)61-51(53)60-47/h3-6,35-36,41-42,55H,2,7-34H2,1H3,(H2,52,67)(H,54,65)(H,58,66)(H,59,68)(H,70,71)(H3,53,56,60,61,69)/t41-,42-/m0/s1. The van der Waals surface area contributed by atoms with Crippen LogP contribution in [0.15, 0.2) is 41.5 Å². The summed E-state index contributed by atoms with van der Waals surface area (Å²) in [6.45, 7) is 11.4. The molecule has 0 aliphatic carbocycles. The zero-order valence-electron chi connectivity index (χ0n) is 46.4. The van der Waals surface area contributed by atoms with Gasteiger partial charge in [0.05, 0.1) is 169 Å². The maximum absolute atomic E-state index is 12.8. The van der Waals surface area contributed by atoms with Crippen LogP contribution in [0.3, 0.4) is 0 Å². The normalized spacial score (nSPS) is 12.1. The number of nitrogens with one attached hydrogen (secondary N) is 5. The molecule has 82 heavy (non-hydrogen) atoms. The minimum Gasteiger partial charge on any atom is -0.480 e. The number of carbonyl (C=O) groups is 5. The van der Waals surface area contributed by atoms with Crippen LogP contribution >= 0.6 is 0 Å². The van der Waals surface area contributed by atoms with E-state index in [0.717, 1.165) is 0 Å². The van der Waals surface area contributed by atoms with Gasteiger partial charge in [-0.15, -0.1) is 5.10 Å². The molecule has 0 aliphatic heterocycles. The number of hydrogen-bond acceptors (Lipinski definition) is 24. The topological polar surface area (TPSA) is 410 Å². The lowest BCUT2D eigenvalue weighted by Gasteiger charge is -2.15. The van der Waals surface area contributed by atoms with E-state index in [4.69, 9.17) is 63.6 Å². The second-order valence-corrected chi connectivity index (χ2v) is 17.4. The number of aromatic amines is 1. The van der Waals surface area contributed by atoms with Crippen molar-refractivity contribution in [3.63, 3.8) is 0 Å². The van der Waals surface area contributed by atoms with Gasteiger partial charge in [0.15, 0.2) is 11.2 Å². The average molecular weight is 1160 g/mol. The van der Waals surface area contributed by atoms with Gasteiger partial charge in [-0.05, 0) is 37.6 Å². The van der Waals surface area contributed by atoms with E-state index in [0.29, 0.717) is 136 Å². The molecule has 4 aromatic rings. The summed E-state index contributed by atoms with van der Waals surface area (Å²) in [6, 6.07) is 3.95. The van der Waals surface area contributed by atoms with Gasteiger partial charge in [0.1, 0.15) is 12.1 Å². The molecule has 1 aromatic carbocycles. The summed E-state index contributed by atoms with van der Waals surface area (Å²) < 4.78 is 61.5. The van der Waals surface area contributed by atoms with Gasteiger partial charge in [-0.1, -0.05) is 5.21 Å². The van der Waals surface area contributed by atoms with Crippen LogP contribution in [0.4, 0.5) is 11.6 Å². The zero-order valence-corrected chi connectivity index (χ0v) is 46.4. The van der Waals surface area contributed by atoms with Gasteiger partial charge in [-0.2, -0.15) is 4.98 Å². The number of carboxylic acid groups (broad SMARTS) is 1. The van der Waals surface area contributed by atoms with Crippen LogP contribution in [0.25, 0.3) is 11.2 Å². The predicted octanol–water partition coefficient (Wildman–Crippen LogP) is -1.62. The van der Waals surface area contributed by atoms with Gasteiger partial charge in [0.2, 0.25) is 23.7 Å². The number of amides is 4.